The third-order valence-corrected chi connectivity index (χ3v) is 2.09. The summed E-state index contributed by atoms with van der Waals surface area (Å²) in [7, 11) is 0. The molecule has 1 rings (SSSR count). The Bertz CT molecular complexity index is 424. The van der Waals surface area contributed by atoms with Gasteiger partial charge >= 0.3 is 0 Å². The van der Waals surface area contributed by atoms with Crippen LogP contribution in [0.15, 0.2) is 24.3 Å². The second-order valence-electron chi connectivity index (χ2n) is 3.59. The summed E-state index contributed by atoms with van der Waals surface area (Å²) in [6, 6.07) is 5.90. The Balaban J connectivity index is 2.30. The van der Waals surface area contributed by atoms with E-state index in [1.165, 1.54) is 12.1 Å². The standard InChI is InChI=1S/C12H16FN3O2/c1-2-15-11(17)7-14-8-12(18)16-10-6-4-3-5-9(10)13/h3-6,14H,2,7-8H2,1H3,(H,15,17)(H,16,18). The molecule has 0 atom stereocenters. The lowest BCUT2D eigenvalue weighted by Gasteiger charge is -2.07. The van der Waals surface area contributed by atoms with Gasteiger partial charge in [0.15, 0.2) is 0 Å². The van der Waals surface area contributed by atoms with Crippen LogP contribution in [0.2, 0.25) is 0 Å². The van der Waals surface area contributed by atoms with E-state index in [2.05, 4.69) is 16.0 Å². The lowest BCUT2D eigenvalue weighted by molar-refractivity contribution is -0.120. The van der Waals surface area contributed by atoms with Crippen LogP contribution in [0.25, 0.3) is 0 Å². The van der Waals surface area contributed by atoms with Gasteiger partial charge in [0.2, 0.25) is 11.8 Å². The van der Waals surface area contributed by atoms with E-state index < -0.39 is 11.7 Å². The zero-order chi connectivity index (χ0) is 13.4. The maximum absolute atomic E-state index is 13.2. The first-order chi connectivity index (χ1) is 8.63. The Labute approximate surface area is 105 Å². The highest BCUT2D eigenvalue weighted by Gasteiger charge is 2.06. The molecule has 0 bridgehead atoms. The van der Waals surface area contributed by atoms with Crippen LogP contribution >= 0.6 is 0 Å². The van der Waals surface area contributed by atoms with Gasteiger partial charge < -0.3 is 10.6 Å². The van der Waals surface area contributed by atoms with Crippen LogP contribution in [0.3, 0.4) is 0 Å². The number of carbonyl (C=O) groups excluding carboxylic acids is 2. The van der Waals surface area contributed by atoms with Crippen LogP contribution in [-0.2, 0) is 9.59 Å². The molecule has 6 heteroatoms. The quantitative estimate of drug-likeness (QED) is 0.691. The molecule has 0 heterocycles. The average molecular weight is 253 g/mol. The van der Waals surface area contributed by atoms with Crippen LogP contribution < -0.4 is 16.0 Å². The SMILES string of the molecule is CCNC(=O)CNCC(=O)Nc1ccccc1F. The first kappa shape index (κ1) is 14.1. The average Bonchev–Trinajstić information content (AvgIpc) is 2.32. The summed E-state index contributed by atoms with van der Waals surface area (Å²) in [5.41, 5.74) is 0.127. The van der Waals surface area contributed by atoms with Crippen molar-refractivity contribution in [1.82, 2.24) is 10.6 Å². The van der Waals surface area contributed by atoms with E-state index in [4.69, 9.17) is 0 Å². The third kappa shape index (κ3) is 4.92. The number of anilines is 1. The highest BCUT2D eigenvalue weighted by molar-refractivity contribution is 5.92. The van der Waals surface area contributed by atoms with Gasteiger partial charge in [-0.05, 0) is 19.1 Å². The first-order valence-corrected chi connectivity index (χ1v) is 5.65. The number of hydrogen-bond donors (Lipinski definition) is 3. The predicted octanol–water partition coefficient (Wildman–Crippen LogP) is 0.490. The summed E-state index contributed by atoms with van der Waals surface area (Å²) >= 11 is 0. The Morgan fingerprint density at radius 3 is 2.50 bits per heavy atom. The maximum atomic E-state index is 13.2. The van der Waals surface area contributed by atoms with Gasteiger partial charge in [0.05, 0.1) is 18.8 Å². The summed E-state index contributed by atoms with van der Waals surface area (Å²) in [5.74, 6) is -1.07. The van der Waals surface area contributed by atoms with E-state index >= 15 is 0 Å². The Morgan fingerprint density at radius 1 is 1.17 bits per heavy atom. The van der Waals surface area contributed by atoms with E-state index in [0.717, 1.165) is 0 Å². The van der Waals surface area contributed by atoms with Crippen LogP contribution in [-0.4, -0.2) is 31.4 Å². The van der Waals surface area contributed by atoms with Crippen molar-refractivity contribution < 1.29 is 14.0 Å². The zero-order valence-corrected chi connectivity index (χ0v) is 10.1. The number of rotatable bonds is 6. The largest absolute Gasteiger partial charge is 0.355 e. The molecule has 0 saturated heterocycles. The number of likely N-dealkylation sites (N-methyl/N-ethyl adjacent to an activating group) is 1. The Hall–Kier alpha value is -1.95. The number of hydrogen-bond acceptors (Lipinski definition) is 3. The third-order valence-electron chi connectivity index (χ3n) is 2.09. The first-order valence-electron chi connectivity index (χ1n) is 5.65. The number of para-hydroxylation sites is 1. The molecule has 0 aliphatic heterocycles. The minimum atomic E-state index is -0.491. The van der Waals surface area contributed by atoms with Crippen LogP contribution in [0.5, 0.6) is 0 Å². The molecule has 0 aromatic heterocycles. The van der Waals surface area contributed by atoms with Gasteiger partial charge in [-0.2, -0.15) is 0 Å². The van der Waals surface area contributed by atoms with Crippen molar-refractivity contribution in [3.63, 3.8) is 0 Å². The van der Waals surface area contributed by atoms with E-state index in [1.54, 1.807) is 12.1 Å². The molecule has 98 valence electrons. The van der Waals surface area contributed by atoms with Crippen molar-refractivity contribution in [3.8, 4) is 0 Å². The van der Waals surface area contributed by atoms with Gasteiger partial charge in [-0.3, -0.25) is 14.9 Å². The van der Waals surface area contributed by atoms with Gasteiger partial charge in [0.25, 0.3) is 0 Å². The van der Waals surface area contributed by atoms with Gasteiger partial charge in [-0.15, -0.1) is 0 Å². The van der Waals surface area contributed by atoms with Crippen molar-refractivity contribution in [1.29, 1.82) is 0 Å². The van der Waals surface area contributed by atoms with Gasteiger partial charge in [0, 0.05) is 6.54 Å². The summed E-state index contributed by atoms with van der Waals surface area (Å²) in [5, 5.41) is 7.66. The molecule has 0 unspecified atom stereocenters. The lowest BCUT2D eigenvalue weighted by atomic mass is 10.3. The zero-order valence-electron chi connectivity index (χ0n) is 10.1. The van der Waals surface area contributed by atoms with Gasteiger partial charge in [-0.1, -0.05) is 12.1 Å². The fraction of sp³-hybridized carbons (Fsp3) is 0.333. The Kier molecular flexibility index (Phi) is 5.79. The number of benzene rings is 1. The fourth-order valence-electron chi connectivity index (χ4n) is 1.31. The molecule has 0 spiro atoms. The van der Waals surface area contributed by atoms with E-state index in [0.29, 0.717) is 6.54 Å². The summed E-state index contributed by atoms with van der Waals surface area (Å²) in [4.78, 5) is 22.5. The normalized spacial score (nSPS) is 9.89. The van der Waals surface area contributed by atoms with E-state index in [9.17, 15) is 14.0 Å². The fourth-order valence-corrected chi connectivity index (χ4v) is 1.31. The number of carbonyl (C=O) groups is 2. The highest BCUT2D eigenvalue weighted by Crippen LogP contribution is 2.11. The molecule has 0 aliphatic carbocycles. The number of halogens is 1. The smallest absolute Gasteiger partial charge is 0.238 e. The molecule has 2 amide bonds. The molecule has 0 radical (unpaired) electrons. The summed E-state index contributed by atoms with van der Waals surface area (Å²) < 4.78 is 13.2. The molecule has 0 aliphatic rings. The van der Waals surface area contributed by atoms with Crippen molar-refractivity contribution in [3.05, 3.63) is 30.1 Å². The van der Waals surface area contributed by atoms with Crippen LogP contribution in [0, 0.1) is 5.82 Å². The van der Waals surface area contributed by atoms with Crippen molar-refractivity contribution >= 4 is 17.5 Å². The molecule has 1 aromatic carbocycles. The molecular weight excluding hydrogens is 237 g/mol. The Morgan fingerprint density at radius 2 is 1.83 bits per heavy atom. The minimum Gasteiger partial charge on any atom is -0.355 e. The molecular formula is C12H16FN3O2. The molecule has 5 nitrogen and oxygen atoms in total. The molecule has 1 aromatic rings. The van der Waals surface area contributed by atoms with Crippen molar-refractivity contribution in [2.24, 2.45) is 0 Å². The predicted molar refractivity (Wildman–Crippen MR) is 66.6 cm³/mol. The number of amides is 2. The van der Waals surface area contributed by atoms with E-state index in [1.807, 2.05) is 6.92 Å². The topological polar surface area (TPSA) is 70.2 Å². The van der Waals surface area contributed by atoms with Crippen LogP contribution in [0.4, 0.5) is 10.1 Å². The molecule has 0 fully saturated rings. The second kappa shape index (κ2) is 7.39. The molecule has 3 N–H and O–H groups in total. The minimum absolute atomic E-state index is 0.0501. The maximum Gasteiger partial charge on any atom is 0.238 e. The van der Waals surface area contributed by atoms with Crippen LogP contribution in [0.1, 0.15) is 6.92 Å². The van der Waals surface area contributed by atoms with Crippen molar-refractivity contribution in [2.75, 3.05) is 25.0 Å². The number of nitrogens with one attached hydrogen (secondary N) is 3. The molecule has 18 heavy (non-hydrogen) atoms. The highest BCUT2D eigenvalue weighted by atomic mass is 19.1. The van der Waals surface area contributed by atoms with Gasteiger partial charge in [-0.25, -0.2) is 4.39 Å². The lowest BCUT2D eigenvalue weighted by Crippen LogP contribution is -2.37. The van der Waals surface area contributed by atoms with E-state index in [-0.39, 0.29) is 24.7 Å². The summed E-state index contributed by atoms with van der Waals surface area (Å²) in [6.07, 6.45) is 0. The van der Waals surface area contributed by atoms with Crippen molar-refractivity contribution in [2.45, 2.75) is 6.92 Å². The molecule has 0 saturated carbocycles. The monoisotopic (exact) mass is 253 g/mol. The second-order valence-corrected chi connectivity index (χ2v) is 3.59. The summed E-state index contributed by atoms with van der Waals surface area (Å²) in [6.45, 7) is 2.36. The van der Waals surface area contributed by atoms with Gasteiger partial charge in [0.1, 0.15) is 5.82 Å².